The second kappa shape index (κ2) is 4.77. The first-order valence-electron chi connectivity index (χ1n) is 6.02. The van der Waals surface area contributed by atoms with Crippen molar-refractivity contribution < 1.29 is 9.13 Å². The number of aromatic nitrogens is 2. The molecule has 0 fully saturated rings. The monoisotopic (exact) mass is 270 g/mol. The van der Waals surface area contributed by atoms with Crippen molar-refractivity contribution in [2.45, 2.75) is 0 Å². The van der Waals surface area contributed by atoms with Gasteiger partial charge in [0.05, 0.1) is 23.7 Å². The summed E-state index contributed by atoms with van der Waals surface area (Å²) in [5.74, 6) is -0.366. The molecule has 0 spiro atoms. The molecule has 1 aromatic heterocycles. The Morgan fingerprint density at radius 2 is 1.80 bits per heavy atom. The van der Waals surface area contributed by atoms with Gasteiger partial charge in [-0.1, -0.05) is 12.1 Å². The summed E-state index contributed by atoms with van der Waals surface area (Å²) in [5.41, 5.74) is 0.818. The van der Waals surface area contributed by atoms with E-state index in [2.05, 4.69) is 4.98 Å². The van der Waals surface area contributed by atoms with Gasteiger partial charge < -0.3 is 4.74 Å². The predicted octanol–water partition coefficient (Wildman–Crippen LogP) is 2.53. The van der Waals surface area contributed by atoms with Gasteiger partial charge >= 0.3 is 6.01 Å². The molecule has 3 aromatic rings. The van der Waals surface area contributed by atoms with Crippen LogP contribution in [0.15, 0.2) is 53.3 Å². The Hall–Kier alpha value is -2.69. The second-order valence-electron chi connectivity index (χ2n) is 4.23. The molecule has 100 valence electrons. The highest BCUT2D eigenvalue weighted by atomic mass is 19.1. The molecule has 0 aliphatic carbocycles. The van der Waals surface area contributed by atoms with Crippen molar-refractivity contribution in [2.24, 2.45) is 0 Å². The van der Waals surface area contributed by atoms with Gasteiger partial charge in [-0.2, -0.15) is 4.98 Å². The summed E-state index contributed by atoms with van der Waals surface area (Å²) >= 11 is 0. The van der Waals surface area contributed by atoms with Gasteiger partial charge in [0.1, 0.15) is 5.82 Å². The molecule has 0 aliphatic heterocycles. The Morgan fingerprint density at radius 1 is 1.10 bits per heavy atom. The van der Waals surface area contributed by atoms with Crippen molar-refractivity contribution in [3.63, 3.8) is 0 Å². The lowest BCUT2D eigenvalue weighted by atomic mass is 10.2. The molecule has 0 unspecified atom stereocenters. The molecule has 0 bridgehead atoms. The van der Waals surface area contributed by atoms with E-state index in [4.69, 9.17) is 4.74 Å². The van der Waals surface area contributed by atoms with Crippen LogP contribution >= 0.6 is 0 Å². The predicted molar refractivity (Wildman–Crippen MR) is 73.9 cm³/mol. The minimum absolute atomic E-state index is 0.167. The molecule has 0 saturated carbocycles. The molecule has 0 atom stereocenters. The van der Waals surface area contributed by atoms with Crippen molar-refractivity contribution in [1.82, 2.24) is 9.55 Å². The lowest BCUT2D eigenvalue weighted by molar-refractivity contribution is 0.368. The molecule has 0 radical (unpaired) electrons. The van der Waals surface area contributed by atoms with Crippen molar-refractivity contribution >= 4 is 10.9 Å². The molecule has 1 heterocycles. The van der Waals surface area contributed by atoms with Gasteiger partial charge in [0.25, 0.3) is 5.56 Å². The summed E-state index contributed by atoms with van der Waals surface area (Å²) in [6.45, 7) is 0. The number of nitrogens with zero attached hydrogens (tertiary/aromatic N) is 2. The highest BCUT2D eigenvalue weighted by Crippen LogP contribution is 2.17. The zero-order valence-electron chi connectivity index (χ0n) is 10.7. The van der Waals surface area contributed by atoms with Gasteiger partial charge in [0.15, 0.2) is 0 Å². The van der Waals surface area contributed by atoms with Gasteiger partial charge in [0.2, 0.25) is 0 Å². The summed E-state index contributed by atoms with van der Waals surface area (Å²) in [4.78, 5) is 16.8. The average molecular weight is 270 g/mol. The van der Waals surface area contributed by atoms with E-state index >= 15 is 0 Å². The van der Waals surface area contributed by atoms with Crippen LogP contribution in [0.3, 0.4) is 0 Å². The smallest absolute Gasteiger partial charge is 0.304 e. The molecular weight excluding hydrogens is 259 g/mol. The minimum Gasteiger partial charge on any atom is -0.468 e. The third kappa shape index (κ3) is 1.93. The molecule has 0 aliphatic rings. The van der Waals surface area contributed by atoms with Crippen LogP contribution in [-0.4, -0.2) is 16.7 Å². The zero-order valence-corrected chi connectivity index (χ0v) is 10.7. The fourth-order valence-electron chi connectivity index (χ4n) is 2.07. The quantitative estimate of drug-likeness (QED) is 0.718. The van der Waals surface area contributed by atoms with Gasteiger partial charge in [-0.25, -0.2) is 8.96 Å². The van der Waals surface area contributed by atoms with Crippen LogP contribution in [-0.2, 0) is 0 Å². The normalized spacial score (nSPS) is 10.7. The maximum atomic E-state index is 13.0. The molecule has 4 nitrogen and oxygen atoms in total. The first-order valence-corrected chi connectivity index (χ1v) is 6.02. The third-order valence-corrected chi connectivity index (χ3v) is 3.01. The van der Waals surface area contributed by atoms with E-state index in [1.807, 2.05) is 0 Å². The maximum absolute atomic E-state index is 13.0. The minimum atomic E-state index is -0.366. The summed E-state index contributed by atoms with van der Waals surface area (Å²) in [7, 11) is 1.44. The van der Waals surface area contributed by atoms with Crippen LogP contribution in [0.1, 0.15) is 0 Å². The number of ether oxygens (including phenoxy) is 1. The number of methoxy groups -OCH3 is 1. The number of halogens is 1. The number of hydrogen-bond acceptors (Lipinski definition) is 3. The number of rotatable bonds is 2. The largest absolute Gasteiger partial charge is 0.468 e. The first-order chi connectivity index (χ1) is 9.70. The first kappa shape index (κ1) is 12.3. The van der Waals surface area contributed by atoms with E-state index in [9.17, 15) is 9.18 Å². The lowest BCUT2D eigenvalue weighted by Crippen LogP contribution is -2.21. The van der Waals surface area contributed by atoms with Gasteiger partial charge in [-0.05, 0) is 36.4 Å². The Balaban J connectivity index is 2.36. The topological polar surface area (TPSA) is 44.1 Å². The van der Waals surface area contributed by atoms with E-state index < -0.39 is 0 Å². The van der Waals surface area contributed by atoms with Crippen molar-refractivity contribution in [3.05, 3.63) is 64.7 Å². The molecule has 0 amide bonds. The molecule has 5 heteroatoms. The highest BCUT2D eigenvalue weighted by molar-refractivity contribution is 5.78. The Morgan fingerprint density at radius 3 is 2.50 bits per heavy atom. The SMILES string of the molecule is COc1nc2ccccc2c(=O)n1-c1ccc(F)cc1. The van der Waals surface area contributed by atoms with Crippen LogP contribution < -0.4 is 10.3 Å². The third-order valence-electron chi connectivity index (χ3n) is 3.01. The Bertz CT molecular complexity index is 825. The molecule has 20 heavy (non-hydrogen) atoms. The molecule has 0 saturated heterocycles. The van der Waals surface area contributed by atoms with E-state index in [0.29, 0.717) is 16.6 Å². The summed E-state index contributed by atoms with van der Waals surface area (Å²) < 4.78 is 19.5. The molecule has 2 aromatic carbocycles. The van der Waals surface area contributed by atoms with E-state index in [0.717, 1.165) is 0 Å². The fraction of sp³-hybridized carbons (Fsp3) is 0.0667. The van der Waals surface area contributed by atoms with Crippen molar-refractivity contribution in [2.75, 3.05) is 7.11 Å². The fourth-order valence-corrected chi connectivity index (χ4v) is 2.07. The van der Waals surface area contributed by atoms with Gasteiger partial charge in [0, 0.05) is 0 Å². The summed E-state index contributed by atoms with van der Waals surface area (Å²) in [6.07, 6.45) is 0. The van der Waals surface area contributed by atoms with Crippen LogP contribution in [0.5, 0.6) is 6.01 Å². The highest BCUT2D eigenvalue weighted by Gasteiger charge is 2.12. The molecule has 3 rings (SSSR count). The van der Waals surface area contributed by atoms with Crippen LogP contribution in [0, 0.1) is 5.82 Å². The number of benzene rings is 2. The standard InChI is InChI=1S/C15H11FN2O2/c1-20-15-17-13-5-3-2-4-12(13)14(19)18(15)11-8-6-10(16)7-9-11/h2-9H,1H3. The maximum Gasteiger partial charge on any atom is 0.304 e. The summed E-state index contributed by atoms with van der Waals surface area (Å²) in [5, 5.41) is 0.484. The van der Waals surface area contributed by atoms with Crippen LogP contribution in [0.25, 0.3) is 16.6 Å². The van der Waals surface area contributed by atoms with Crippen LogP contribution in [0.4, 0.5) is 4.39 Å². The molecular formula is C15H11FN2O2. The molecule has 0 N–H and O–H groups in total. The van der Waals surface area contributed by atoms with Crippen molar-refractivity contribution in [3.8, 4) is 11.7 Å². The van der Waals surface area contributed by atoms with Gasteiger partial charge in [-0.15, -0.1) is 0 Å². The number of para-hydroxylation sites is 1. The van der Waals surface area contributed by atoms with Crippen LogP contribution in [0.2, 0.25) is 0 Å². The Kier molecular flexibility index (Phi) is 2.95. The lowest BCUT2D eigenvalue weighted by Gasteiger charge is -2.11. The Labute approximate surface area is 114 Å². The van der Waals surface area contributed by atoms with Gasteiger partial charge in [-0.3, -0.25) is 4.79 Å². The van der Waals surface area contributed by atoms with E-state index in [-0.39, 0.29) is 17.4 Å². The number of fused-ring (bicyclic) bond motifs is 1. The zero-order chi connectivity index (χ0) is 14.1. The van der Waals surface area contributed by atoms with Crippen molar-refractivity contribution in [1.29, 1.82) is 0 Å². The van der Waals surface area contributed by atoms with E-state index in [1.165, 1.54) is 35.9 Å². The summed E-state index contributed by atoms with van der Waals surface area (Å²) in [6, 6.07) is 12.8. The van der Waals surface area contributed by atoms with E-state index in [1.54, 1.807) is 24.3 Å². The second-order valence-corrected chi connectivity index (χ2v) is 4.23. The number of hydrogen-bond donors (Lipinski definition) is 0. The average Bonchev–Trinajstić information content (AvgIpc) is 2.48.